The molecule has 5 heterocycles. The molecule has 10 heteroatoms. The first kappa shape index (κ1) is 21.9. The van der Waals surface area contributed by atoms with E-state index in [1.165, 1.54) is 0 Å². The number of benzene rings is 1. The number of carbonyl (C=O) groups is 1. The monoisotopic (exact) mass is 481 g/mol. The van der Waals surface area contributed by atoms with E-state index in [2.05, 4.69) is 28.0 Å². The maximum atomic E-state index is 12.7. The number of hydrogen-bond donors (Lipinski definition) is 2. The van der Waals surface area contributed by atoms with Gasteiger partial charge in [-0.15, -0.1) is 0 Å². The van der Waals surface area contributed by atoms with Crippen molar-refractivity contribution in [3.63, 3.8) is 0 Å². The number of ether oxygens (including phenoxy) is 1. The Morgan fingerprint density at radius 3 is 2.88 bits per heavy atom. The van der Waals surface area contributed by atoms with Crippen LogP contribution in [0, 0.1) is 6.42 Å². The lowest BCUT2D eigenvalue weighted by molar-refractivity contribution is 0.0903. The van der Waals surface area contributed by atoms with Crippen molar-refractivity contribution in [2.75, 3.05) is 54.6 Å². The number of piperidine rings is 1. The van der Waals surface area contributed by atoms with E-state index in [-0.39, 0.29) is 12.1 Å². The fourth-order valence-electron chi connectivity index (χ4n) is 5.48. The fraction of sp³-hybridized carbons (Fsp3) is 0.500. The van der Waals surface area contributed by atoms with Crippen LogP contribution in [0.4, 0.5) is 22.2 Å². The molecule has 1 spiro atoms. The molecule has 2 atom stereocenters. The summed E-state index contributed by atoms with van der Waals surface area (Å²) in [5.41, 5.74) is 2.41. The number of aryl methyl sites for hydroxylation is 1. The van der Waals surface area contributed by atoms with E-state index in [9.17, 15) is 9.35 Å². The van der Waals surface area contributed by atoms with Gasteiger partial charge in [-0.3, -0.25) is 0 Å². The molecule has 2 unspecified atom stereocenters. The molecule has 1 radical (unpaired) electrons. The summed E-state index contributed by atoms with van der Waals surface area (Å²) in [6.07, 6.45) is 5.47. The summed E-state index contributed by atoms with van der Waals surface area (Å²) in [6, 6.07) is 8.18. The van der Waals surface area contributed by atoms with Gasteiger partial charge in [0.1, 0.15) is 11.4 Å². The molecule has 4 aliphatic rings. The van der Waals surface area contributed by atoms with Crippen LogP contribution in [0.1, 0.15) is 30.5 Å². The molecule has 9 nitrogen and oxygen atoms in total. The Bertz CT molecular complexity index is 1100. The molecule has 6 rings (SSSR count). The topological polar surface area (TPSA) is 106 Å². The van der Waals surface area contributed by atoms with Crippen LogP contribution >= 0.6 is 0 Å². The van der Waals surface area contributed by atoms with Crippen LogP contribution in [0.15, 0.2) is 29.2 Å². The minimum Gasteiger partial charge on any atom is -0.611 e. The second kappa shape index (κ2) is 8.58. The standard InChI is InChI=1S/C24H29N6O3S/c1-29-23(31)27-18-5-3-2-4-17(18)24(29)9-11-30(12-10-24)22-26-19-8-15-34(32)20(19)21(28-22)25-16-6-13-33-14-7-16/h2-5,9,16H,6-8,10-15H2,1H3,(H,27,31)(H,25,26,28). The Hall–Kier alpha value is -2.56. The molecule has 0 bridgehead atoms. The van der Waals surface area contributed by atoms with E-state index < -0.39 is 16.7 Å². The van der Waals surface area contributed by atoms with Crippen molar-refractivity contribution < 1.29 is 14.1 Å². The normalized spacial score (nSPS) is 24.1. The first-order valence-electron chi connectivity index (χ1n) is 11.9. The highest BCUT2D eigenvalue weighted by atomic mass is 32.2. The summed E-state index contributed by atoms with van der Waals surface area (Å²) >= 11 is -1.07. The van der Waals surface area contributed by atoms with Gasteiger partial charge >= 0.3 is 6.03 Å². The summed E-state index contributed by atoms with van der Waals surface area (Å²) in [5.74, 6) is 1.97. The van der Waals surface area contributed by atoms with E-state index in [1.807, 2.05) is 25.2 Å². The molecule has 0 aliphatic carbocycles. The van der Waals surface area contributed by atoms with E-state index in [0.29, 0.717) is 37.0 Å². The minimum absolute atomic E-state index is 0.0948. The van der Waals surface area contributed by atoms with Crippen LogP contribution in [-0.2, 0) is 27.9 Å². The third-order valence-electron chi connectivity index (χ3n) is 7.47. The maximum Gasteiger partial charge on any atom is 0.322 e. The molecule has 1 aromatic carbocycles. The zero-order chi connectivity index (χ0) is 23.3. The highest BCUT2D eigenvalue weighted by molar-refractivity contribution is 7.91. The van der Waals surface area contributed by atoms with Gasteiger partial charge in [-0.25, -0.2) is 9.78 Å². The van der Waals surface area contributed by atoms with Gasteiger partial charge in [-0.05, 0) is 36.5 Å². The van der Waals surface area contributed by atoms with Crippen molar-refractivity contribution in [2.24, 2.45) is 0 Å². The smallest absolute Gasteiger partial charge is 0.322 e. The summed E-state index contributed by atoms with van der Waals surface area (Å²) in [6.45, 7) is 2.78. The fourth-order valence-corrected chi connectivity index (χ4v) is 6.79. The van der Waals surface area contributed by atoms with Crippen molar-refractivity contribution in [3.8, 4) is 0 Å². The molecule has 34 heavy (non-hydrogen) atoms. The predicted molar refractivity (Wildman–Crippen MR) is 131 cm³/mol. The van der Waals surface area contributed by atoms with Gasteiger partial charge in [0.2, 0.25) is 10.8 Å². The number of urea groups is 1. The van der Waals surface area contributed by atoms with Gasteiger partial charge in [0, 0.05) is 63.5 Å². The first-order chi connectivity index (χ1) is 16.5. The molecule has 2 saturated heterocycles. The number of para-hydroxylation sites is 1. The lowest BCUT2D eigenvalue weighted by Gasteiger charge is -2.50. The predicted octanol–water partition coefficient (Wildman–Crippen LogP) is 2.52. The number of nitrogens with one attached hydrogen (secondary N) is 2. The Balaban J connectivity index is 1.28. The summed E-state index contributed by atoms with van der Waals surface area (Å²) in [4.78, 5) is 27.1. The van der Waals surface area contributed by atoms with Gasteiger partial charge in [-0.2, -0.15) is 4.98 Å². The van der Waals surface area contributed by atoms with Crippen LogP contribution in [0.25, 0.3) is 0 Å². The van der Waals surface area contributed by atoms with Gasteiger partial charge in [0.05, 0.1) is 5.54 Å². The van der Waals surface area contributed by atoms with E-state index in [4.69, 9.17) is 14.7 Å². The molecule has 0 saturated carbocycles. The van der Waals surface area contributed by atoms with Crippen molar-refractivity contribution in [2.45, 2.75) is 42.2 Å². The number of anilines is 3. The zero-order valence-electron chi connectivity index (χ0n) is 19.2. The van der Waals surface area contributed by atoms with Crippen molar-refractivity contribution in [3.05, 3.63) is 41.9 Å². The van der Waals surface area contributed by atoms with Crippen molar-refractivity contribution in [1.29, 1.82) is 0 Å². The summed E-state index contributed by atoms with van der Waals surface area (Å²) in [5, 5.41) is 6.54. The van der Waals surface area contributed by atoms with Crippen molar-refractivity contribution in [1.82, 2.24) is 14.9 Å². The van der Waals surface area contributed by atoms with Gasteiger partial charge < -0.3 is 29.7 Å². The molecule has 2 N–H and O–H groups in total. The highest BCUT2D eigenvalue weighted by Crippen LogP contribution is 2.44. The first-order valence-corrected chi connectivity index (χ1v) is 13.2. The Morgan fingerprint density at radius 1 is 1.26 bits per heavy atom. The Morgan fingerprint density at radius 2 is 2.09 bits per heavy atom. The Kier molecular flexibility index (Phi) is 5.54. The van der Waals surface area contributed by atoms with Crippen LogP contribution in [0.2, 0.25) is 0 Å². The van der Waals surface area contributed by atoms with Gasteiger partial charge in [0.25, 0.3) is 0 Å². The largest absolute Gasteiger partial charge is 0.611 e. The highest BCUT2D eigenvalue weighted by Gasteiger charge is 2.47. The number of amides is 2. The molecule has 2 fully saturated rings. The number of nitrogens with zero attached hydrogens (tertiary/aromatic N) is 4. The third-order valence-corrected chi connectivity index (χ3v) is 8.93. The summed E-state index contributed by atoms with van der Waals surface area (Å²) in [7, 11) is 1.86. The van der Waals surface area contributed by atoms with E-state index in [1.54, 1.807) is 4.90 Å². The zero-order valence-corrected chi connectivity index (χ0v) is 20.1. The molecular weight excluding hydrogens is 452 g/mol. The third kappa shape index (κ3) is 3.59. The molecular formula is C24H29N6O3S. The molecule has 1 aromatic heterocycles. The van der Waals surface area contributed by atoms with Crippen LogP contribution < -0.4 is 15.5 Å². The number of fused-ring (bicyclic) bond motifs is 3. The van der Waals surface area contributed by atoms with Gasteiger partial charge in [0.15, 0.2) is 5.82 Å². The second-order valence-corrected chi connectivity index (χ2v) is 10.8. The number of aromatic nitrogens is 2. The number of hydrogen-bond acceptors (Lipinski definition) is 7. The second-order valence-electron chi connectivity index (χ2n) is 9.34. The van der Waals surface area contributed by atoms with Gasteiger partial charge in [-0.1, -0.05) is 18.2 Å². The molecule has 2 amide bonds. The lowest BCUT2D eigenvalue weighted by Crippen LogP contribution is -2.58. The van der Waals surface area contributed by atoms with Crippen LogP contribution in [0.5, 0.6) is 0 Å². The van der Waals surface area contributed by atoms with Crippen LogP contribution in [0.3, 0.4) is 0 Å². The van der Waals surface area contributed by atoms with E-state index >= 15 is 0 Å². The van der Waals surface area contributed by atoms with Crippen LogP contribution in [-0.4, -0.2) is 70.6 Å². The number of rotatable bonds is 3. The summed E-state index contributed by atoms with van der Waals surface area (Å²) < 4.78 is 18.2. The average molecular weight is 482 g/mol. The quantitative estimate of drug-likeness (QED) is 0.649. The van der Waals surface area contributed by atoms with E-state index in [0.717, 1.165) is 54.3 Å². The average Bonchev–Trinajstić information content (AvgIpc) is 3.25. The number of carbonyl (C=O) groups excluding carboxylic acids is 1. The maximum absolute atomic E-state index is 12.7. The minimum atomic E-state index is -1.07. The SMILES string of the molecule is CN1C(=O)Nc2ccccc2C12[CH]CN(c1nc3c(c(NC4CCOCC4)n1)[S+]([O-])CC3)CC2. The van der Waals surface area contributed by atoms with Crippen molar-refractivity contribution >= 4 is 34.7 Å². The lowest BCUT2D eigenvalue weighted by atomic mass is 9.77. The molecule has 2 aromatic rings. The molecule has 179 valence electrons. The Labute approximate surface area is 202 Å². The molecule has 4 aliphatic heterocycles.